The number of benzene rings is 1. The first kappa shape index (κ1) is 20.0. The highest BCUT2D eigenvalue weighted by Gasteiger charge is 2.25. The number of sulfonamides is 1. The third-order valence-corrected chi connectivity index (χ3v) is 6.25. The second-order valence-corrected chi connectivity index (χ2v) is 8.28. The summed E-state index contributed by atoms with van der Waals surface area (Å²) in [5.74, 6) is -0.603. The van der Waals surface area contributed by atoms with Crippen LogP contribution in [0.4, 0.5) is 5.69 Å². The lowest BCUT2D eigenvalue weighted by molar-refractivity contribution is -0.384. The van der Waals surface area contributed by atoms with Gasteiger partial charge >= 0.3 is 0 Å². The predicted molar refractivity (Wildman–Crippen MR) is 94.2 cm³/mol. The number of thiophene rings is 1. The number of hydroxylamine groups is 1. The Morgan fingerprint density at radius 3 is 2.50 bits per heavy atom. The molecule has 1 aromatic heterocycles. The second-order valence-electron chi connectivity index (χ2n) is 5.31. The summed E-state index contributed by atoms with van der Waals surface area (Å²) < 4.78 is 27.0. The Morgan fingerprint density at radius 1 is 1.27 bits per heavy atom. The maximum Gasteiger partial charge on any atom is 0.269 e. The molecule has 0 saturated carbocycles. The van der Waals surface area contributed by atoms with Crippen LogP contribution in [-0.2, 0) is 21.4 Å². The SMILES string of the molecule is O=C(CCCN(Cc1cccs1)S(=O)(=O)c1ccc([N+](=O)[O-])cc1)NO. The number of nitrogens with one attached hydrogen (secondary N) is 1. The molecule has 140 valence electrons. The maximum absolute atomic E-state index is 12.9. The lowest BCUT2D eigenvalue weighted by Crippen LogP contribution is -2.32. The van der Waals surface area contributed by atoms with Crippen LogP contribution >= 0.6 is 11.3 Å². The number of nitro groups is 1. The van der Waals surface area contributed by atoms with Crippen molar-refractivity contribution in [2.24, 2.45) is 0 Å². The molecule has 9 nitrogen and oxygen atoms in total. The van der Waals surface area contributed by atoms with E-state index >= 15 is 0 Å². The Balaban J connectivity index is 2.22. The molecule has 2 N–H and O–H groups in total. The molecule has 26 heavy (non-hydrogen) atoms. The maximum atomic E-state index is 12.9. The molecule has 0 bridgehead atoms. The number of carbonyl (C=O) groups is 1. The Labute approximate surface area is 154 Å². The Hall–Kier alpha value is -2.34. The van der Waals surface area contributed by atoms with Crippen LogP contribution in [0, 0.1) is 10.1 Å². The molecule has 2 rings (SSSR count). The standard InChI is InChI=1S/C15H17N3O6S2/c19-15(16-20)4-1-9-17(11-13-3-2-10-25-13)26(23,24)14-7-5-12(6-8-14)18(21)22/h2-3,5-8,10,20H,1,4,9,11H2,(H,16,19). The number of nitro benzene ring substituents is 1. The van der Waals surface area contributed by atoms with Crippen LogP contribution in [-0.4, -0.2) is 35.3 Å². The van der Waals surface area contributed by atoms with Gasteiger partial charge in [0.05, 0.1) is 9.82 Å². The molecule has 0 atom stereocenters. The highest BCUT2D eigenvalue weighted by atomic mass is 32.2. The topological polar surface area (TPSA) is 130 Å². The number of nitrogens with zero attached hydrogens (tertiary/aromatic N) is 2. The molecule has 11 heteroatoms. The molecule has 0 unspecified atom stereocenters. The van der Waals surface area contributed by atoms with Crippen LogP contribution in [0.1, 0.15) is 17.7 Å². The van der Waals surface area contributed by atoms with Gasteiger partial charge in [0.1, 0.15) is 0 Å². The smallest absolute Gasteiger partial charge is 0.269 e. The summed E-state index contributed by atoms with van der Waals surface area (Å²) in [4.78, 5) is 22.0. The van der Waals surface area contributed by atoms with E-state index < -0.39 is 20.9 Å². The monoisotopic (exact) mass is 399 g/mol. The number of hydrogen-bond donors (Lipinski definition) is 2. The highest BCUT2D eigenvalue weighted by molar-refractivity contribution is 7.89. The zero-order valence-corrected chi connectivity index (χ0v) is 15.2. The molecule has 0 fully saturated rings. The summed E-state index contributed by atoms with van der Waals surface area (Å²) in [6.45, 7) is 0.183. The van der Waals surface area contributed by atoms with Gasteiger partial charge in [-0.3, -0.25) is 20.1 Å². The second kappa shape index (κ2) is 8.85. The Kier molecular flexibility index (Phi) is 6.80. The van der Waals surface area contributed by atoms with E-state index in [0.29, 0.717) is 0 Å². The van der Waals surface area contributed by atoms with E-state index in [1.165, 1.54) is 33.3 Å². The molecule has 0 saturated heterocycles. The van der Waals surface area contributed by atoms with Gasteiger partial charge in [-0.1, -0.05) is 6.07 Å². The van der Waals surface area contributed by atoms with E-state index in [0.717, 1.165) is 17.0 Å². The molecular weight excluding hydrogens is 382 g/mol. The van der Waals surface area contributed by atoms with Gasteiger partial charge in [-0.2, -0.15) is 4.31 Å². The first-order chi connectivity index (χ1) is 12.3. The van der Waals surface area contributed by atoms with Crippen molar-refractivity contribution in [1.29, 1.82) is 0 Å². The van der Waals surface area contributed by atoms with Crippen LogP contribution in [0.3, 0.4) is 0 Å². The fourth-order valence-electron chi connectivity index (χ4n) is 2.22. The van der Waals surface area contributed by atoms with Crippen molar-refractivity contribution < 1.29 is 23.3 Å². The number of carbonyl (C=O) groups excluding carboxylic acids is 1. The normalized spacial score (nSPS) is 11.5. The van der Waals surface area contributed by atoms with Crippen LogP contribution in [0.15, 0.2) is 46.7 Å². The van der Waals surface area contributed by atoms with Gasteiger partial charge in [-0.05, 0) is 30.0 Å². The van der Waals surface area contributed by atoms with Gasteiger partial charge in [-0.15, -0.1) is 11.3 Å². The number of non-ortho nitro benzene ring substituents is 1. The van der Waals surface area contributed by atoms with Crippen LogP contribution in [0.5, 0.6) is 0 Å². The third-order valence-electron chi connectivity index (χ3n) is 3.53. The lowest BCUT2D eigenvalue weighted by Gasteiger charge is -2.21. The molecule has 0 radical (unpaired) electrons. The van der Waals surface area contributed by atoms with Gasteiger partial charge in [0.15, 0.2) is 0 Å². The molecule has 2 aromatic rings. The van der Waals surface area contributed by atoms with Crippen molar-refractivity contribution in [3.05, 3.63) is 56.8 Å². The van der Waals surface area contributed by atoms with E-state index in [1.54, 1.807) is 12.1 Å². The van der Waals surface area contributed by atoms with Gasteiger partial charge in [0, 0.05) is 36.5 Å². The van der Waals surface area contributed by atoms with Gasteiger partial charge in [0.25, 0.3) is 5.69 Å². The van der Waals surface area contributed by atoms with Crippen LogP contribution in [0.25, 0.3) is 0 Å². The molecule has 1 aromatic carbocycles. The summed E-state index contributed by atoms with van der Waals surface area (Å²) in [7, 11) is -3.90. The molecule has 0 spiro atoms. The first-order valence-corrected chi connectivity index (χ1v) is 9.86. The van der Waals surface area contributed by atoms with Crippen LogP contribution < -0.4 is 5.48 Å². The van der Waals surface area contributed by atoms with Crippen LogP contribution in [0.2, 0.25) is 0 Å². The van der Waals surface area contributed by atoms with Gasteiger partial charge in [0.2, 0.25) is 15.9 Å². The number of rotatable bonds is 9. The summed E-state index contributed by atoms with van der Waals surface area (Å²) in [6, 6.07) is 8.24. The van der Waals surface area contributed by atoms with Gasteiger partial charge < -0.3 is 0 Å². The quantitative estimate of drug-likeness (QED) is 0.377. The van der Waals surface area contributed by atoms with E-state index in [1.807, 2.05) is 5.38 Å². The van der Waals surface area contributed by atoms with Crippen molar-refractivity contribution in [2.45, 2.75) is 24.3 Å². The Morgan fingerprint density at radius 2 is 1.96 bits per heavy atom. The summed E-state index contributed by atoms with van der Waals surface area (Å²) in [5, 5.41) is 21.1. The summed E-state index contributed by atoms with van der Waals surface area (Å²) in [6.07, 6.45) is 0.178. The zero-order valence-electron chi connectivity index (χ0n) is 13.6. The predicted octanol–water partition coefficient (Wildman–Crippen LogP) is 2.13. The van der Waals surface area contributed by atoms with Crippen molar-refractivity contribution >= 4 is 33.0 Å². The highest BCUT2D eigenvalue weighted by Crippen LogP contribution is 2.23. The summed E-state index contributed by atoms with van der Waals surface area (Å²) in [5.41, 5.74) is 1.30. The minimum atomic E-state index is -3.90. The van der Waals surface area contributed by atoms with E-state index in [-0.39, 0.29) is 36.5 Å². The summed E-state index contributed by atoms with van der Waals surface area (Å²) >= 11 is 1.40. The molecule has 0 aliphatic rings. The third kappa shape index (κ3) is 5.08. The lowest BCUT2D eigenvalue weighted by atomic mass is 10.3. The average molecular weight is 399 g/mol. The van der Waals surface area contributed by atoms with Crippen molar-refractivity contribution in [3.8, 4) is 0 Å². The van der Waals surface area contributed by atoms with E-state index in [9.17, 15) is 23.3 Å². The molecule has 0 aliphatic carbocycles. The fraction of sp³-hybridized carbons (Fsp3) is 0.267. The Bertz CT molecular complexity index is 850. The molecule has 1 amide bonds. The van der Waals surface area contributed by atoms with Crippen molar-refractivity contribution in [2.75, 3.05) is 6.54 Å². The minimum Gasteiger partial charge on any atom is -0.289 e. The van der Waals surface area contributed by atoms with E-state index in [2.05, 4.69) is 0 Å². The van der Waals surface area contributed by atoms with Crippen molar-refractivity contribution in [3.63, 3.8) is 0 Å². The largest absolute Gasteiger partial charge is 0.289 e. The fourth-order valence-corrected chi connectivity index (χ4v) is 4.48. The minimum absolute atomic E-state index is 0.0345. The number of hydrogen-bond acceptors (Lipinski definition) is 7. The first-order valence-electron chi connectivity index (χ1n) is 7.54. The van der Waals surface area contributed by atoms with Crippen molar-refractivity contribution in [1.82, 2.24) is 9.79 Å². The molecule has 0 aliphatic heterocycles. The van der Waals surface area contributed by atoms with Gasteiger partial charge in [-0.25, -0.2) is 13.9 Å². The molecule has 1 heterocycles. The molecular formula is C15H17N3O6S2. The zero-order chi connectivity index (χ0) is 19.2. The number of amides is 1. The van der Waals surface area contributed by atoms with E-state index in [4.69, 9.17) is 5.21 Å². The average Bonchev–Trinajstić information content (AvgIpc) is 3.13.